The van der Waals surface area contributed by atoms with Gasteiger partial charge in [-0.05, 0) is 55.8 Å². The van der Waals surface area contributed by atoms with Gasteiger partial charge < -0.3 is 0 Å². The summed E-state index contributed by atoms with van der Waals surface area (Å²) in [5.74, 6) is -0.275. The second-order valence-electron chi connectivity index (χ2n) is 7.66. The van der Waals surface area contributed by atoms with Crippen molar-refractivity contribution >= 4 is 47.1 Å². The minimum atomic E-state index is -3.99. The molecule has 1 aliphatic rings. The van der Waals surface area contributed by atoms with Crippen molar-refractivity contribution in [3.8, 4) is 11.3 Å². The van der Waals surface area contributed by atoms with Crippen molar-refractivity contribution in [1.82, 2.24) is 9.97 Å². The fraction of sp³-hybridized carbons (Fsp3) is 0.182. The highest BCUT2D eigenvalue weighted by molar-refractivity contribution is 7.94. The van der Waals surface area contributed by atoms with E-state index in [0.717, 1.165) is 20.8 Å². The molecule has 0 saturated carbocycles. The fourth-order valence-corrected chi connectivity index (χ4v) is 7.79. The summed E-state index contributed by atoms with van der Waals surface area (Å²) >= 11 is 1.42. The highest BCUT2D eigenvalue weighted by Crippen LogP contribution is 2.38. The number of aryl methyl sites for hydroxylation is 2. The zero-order valence-electron chi connectivity index (χ0n) is 17.3. The standard InChI is InChI=1S/C22H19N3O4S3/c1-14-3-6-18(23-13-14)16-4-8-22-20(11-16)25(9-10-31(22,26)27)32(28,29)17-5-7-19-21(12-17)30-15(2)24-19/h3-8,11-13H,9-10H2,1-2H3. The molecular formula is C22H19N3O4S3. The SMILES string of the molecule is Cc1ccc(-c2ccc3c(c2)N(S(=O)(=O)c2ccc4nc(C)sc4c2)CCS3(=O)=O)nc1. The maximum Gasteiger partial charge on any atom is 0.264 e. The smallest absolute Gasteiger partial charge is 0.264 e. The molecule has 4 aromatic rings. The molecule has 32 heavy (non-hydrogen) atoms. The van der Waals surface area contributed by atoms with Gasteiger partial charge >= 0.3 is 0 Å². The van der Waals surface area contributed by atoms with Crippen LogP contribution in [0.2, 0.25) is 0 Å². The van der Waals surface area contributed by atoms with E-state index in [0.29, 0.717) is 11.3 Å². The largest absolute Gasteiger partial charge is 0.264 e. The van der Waals surface area contributed by atoms with Gasteiger partial charge in [0.05, 0.1) is 42.1 Å². The Balaban J connectivity index is 1.66. The van der Waals surface area contributed by atoms with Crippen molar-refractivity contribution in [1.29, 1.82) is 0 Å². The molecule has 164 valence electrons. The number of pyridine rings is 1. The zero-order valence-corrected chi connectivity index (χ0v) is 19.8. The minimum absolute atomic E-state index is 0.0119. The van der Waals surface area contributed by atoms with Crippen molar-refractivity contribution < 1.29 is 16.8 Å². The first kappa shape index (κ1) is 21.0. The number of rotatable bonds is 3. The summed E-state index contributed by atoms with van der Waals surface area (Å²) < 4.78 is 54.6. The number of anilines is 1. The average molecular weight is 486 g/mol. The molecule has 0 spiro atoms. The van der Waals surface area contributed by atoms with Gasteiger partial charge in [-0.1, -0.05) is 12.1 Å². The number of hydrogen-bond donors (Lipinski definition) is 0. The van der Waals surface area contributed by atoms with Crippen molar-refractivity contribution in [2.75, 3.05) is 16.6 Å². The van der Waals surface area contributed by atoms with E-state index in [9.17, 15) is 16.8 Å². The Hall–Kier alpha value is -2.82. The highest BCUT2D eigenvalue weighted by atomic mass is 32.2. The van der Waals surface area contributed by atoms with E-state index in [1.807, 2.05) is 26.0 Å². The van der Waals surface area contributed by atoms with Crippen LogP contribution in [0, 0.1) is 13.8 Å². The fourth-order valence-electron chi connectivity index (χ4n) is 3.76. The lowest BCUT2D eigenvalue weighted by molar-refractivity contribution is 0.584. The van der Waals surface area contributed by atoms with Gasteiger partial charge in [0.15, 0.2) is 9.84 Å². The summed E-state index contributed by atoms with van der Waals surface area (Å²) in [6.07, 6.45) is 1.71. The summed E-state index contributed by atoms with van der Waals surface area (Å²) in [6.45, 7) is 3.64. The Kier molecular flexibility index (Phi) is 4.84. The average Bonchev–Trinajstić information content (AvgIpc) is 3.13. The Morgan fingerprint density at radius 1 is 1.03 bits per heavy atom. The van der Waals surface area contributed by atoms with Crippen molar-refractivity contribution in [2.45, 2.75) is 23.6 Å². The molecule has 0 radical (unpaired) electrons. The highest BCUT2D eigenvalue weighted by Gasteiger charge is 2.36. The van der Waals surface area contributed by atoms with Gasteiger partial charge in [0.25, 0.3) is 10.0 Å². The van der Waals surface area contributed by atoms with Gasteiger partial charge in [-0.25, -0.2) is 21.8 Å². The quantitative estimate of drug-likeness (QED) is 0.436. The predicted molar refractivity (Wildman–Crippen MR) is 125 cm³/mol. The first-order chi connectivity index (χ1) is 15.1. The number of nitrogens with zero attached hydrogens (tertiary/aromatic N) is 3. The van der Waals surface area contributed by atoms with Crippen LogP contribution in [-0.2, 0) is 19.9 Å². The molecule has 0 saturated heterocycles. The number of thiazole rings is 1. The molecule has 0 atom stereocenters. The van der Waals surface area contributed by atoms with Crippen LogP contribution in [0.1, 0.15) is 10.6 Å². The Morgan fingerprint density at radius 2 is 1.84 bits per heavy atom. The molecule has 0 aliphatic carbocycles. The second-order valence-corrected chi connectivity index (χ2v) is 12.8. The first-order valence-electron chi connectivity index (χ1n) is 9.85. The van der Waals surface area contributed by atoms with Crippen LogP contribution in [0.15, 0.2) is 64.5 Å². The lowest BCUT2D eigenvalue weighted by Crippen LogP contribution is -2.39. The maximum atomic E-state index is 13.6. The third kappa shape index (κ3) is 3.48. The molecule has 0 N–H and O–H groups in total. The molecule has 5 rings (SSSR count). The number of aromatic nitrogens is 2. The predicted octanol–water partition coefficient (Wildman–Crippen LogP) is 3.96. The van der Waals surface area contributed by atoms with Gasteiger partial charge in [0.2, 0.25) is 0 Å². The summed E-state index contributed by atoms with van der Waals surface area (Å²) in [4.78, 5) is 8.89. The molecule has 0 bridgehead atoms. The van der Waals surface area contributed by atoms with Crippen LogP contribution < -0.4 is 4.31 Å². The van der Waals surface area contributed by atoms with Crippen LogP contribution in [0.4, 0.5) is 5.69 Å². The van der Waals surface area contributed by atoms with Crippen molar-refractivity contribution in [3.05, 3.63) is 65.3 Å². The number of hydrogen-bond acceptors (Lipinski definition) is 7. The summed E-state index contributed by atoms with van der Waals surface area (Å²) in [6, 6.07) is 13.3. The monoisotopic (exact) mass is 485 g/mol. The van der Waals surface area contributed by atoms with Gasteiger partial charge in [-0.2, -0.15) is 0 Å². The Bertz CT molecular complexity index is 1570. The van der Waals surface area contributed by atoms with Crippen LogP contribution in [0.5, 0.6) is 0 Å². The van der Waals surface area contributed by atoms with Crippen LogP contribution in [0.25, 0.3) is 21.5 Å². The summed E-state index contributed by atoms with van der Waals surface area (Å²) in [5, 5.41) is 0.846. The minimum Gasteiger partial charge on any atom is -0.264 e. The summed E-state index contributed by atoms with van der Waals surface area (Å²) in [7, 11) is -7.58. The van der Waals surface area contributed by atoms with Crippen LogP contribution >= 0.6 is 11.3 Å². The van der Waals surface area contributed by atoms with E-state index in [1.54, 1.807) is 30.5 Å². The van der Waals surface area contributed by atoms with Gasteiger partial charge in [0, 0.05) is 18.3 Å². The van der Waals surface area contributed by atoms with E-state index in [-0.39, 0.29) is 27.8 Å². The topological polar surface area (TPSA) is 97.3 Å². The van der Waals surface area contributed by atoms with Crippen molar-refractivity contribution in [2.24, 2.45) is 0 Å². The number of sulfonamides is 1. The van der Waals surface area contributed by atoms with Gasteiger partial charge in [0.1, 0.15) is 0 Å². The van der Waals surface area contributed by atoms with E-state index in [1.165, 1.54) is 27.8 Å². The maximum absolute atomic E-state index is 13.6. The Morgan fingerprint density at radius 3 is 2.59 bits per heavy atom. The molecule has 7 nitrogen and oxygen atoms in total. The van der Waals surface area contributed by atoms with Gasteiger partial charge in [-0.3, -0.25) is 9.29 Å². The Labute approximate surface area is 190 Å². The molecule has 10 heteroatoms. The third-order valence-corrected chi connectivity index (χ3v) is 9.87. The molecule has 2 aromatic heterocycles. The summed E-state index contributed by atoms with van der Waals surface area (Å²) in [5.41, 5.74) is 3.17. The molecule has 1 aliphatic heterocycles. The normalized spacial score (nSPS) is 15.6. The van der Waals surface area contributed by atoms with E-state index in [2.05, 4.69) is 9.97 Å². The number of fused-ring (bicyclic) bond motifs is 2. The molecule has 0 amide bonds. The number of benzene rings is 2. The molecule has 2 aromatic carbocycles. The molecule has 0 fully saturated rings. The van der Waals surface area contributed by atoms with Gasteiger partial charge in [-0.15, -0.1) is 11.3 Å². The second kappa shape index (κ2) is 7.36. The first-order valence-corrected chi connectivity index (χ1v) is 13.8. The van der Waals surface area contributed by atoms with Crippen LogP contribution in [0.3, 0.4) is 0 Å². The lowest BCUT2D eigenvalue weighted by Gasteiger charge is -2.30. The lowest BCUT2D eigenvalue weighted by atomic mass is 10.1. The third-order valence-electron chi connectivity index (χ3n) is 5.39. The molecule has 3 heterocycles. The van der Waals surface area contributed by atoms with Crippen LogP contribution in [-0.4, -0.2) is 39.1 Å². The van der Waals surface area contributed by atoms with E-state index < -0.39 is 19.9 Å². The van der Waals surface area contributed by atoms with Crippen molar-refractivity contribution in [3.63, 3.8) is 0 Å². The molecule has 0 unspecified atom stereocenters. The zero-order chi connectivity index (χ0) is 22.7. The molecular weight excluding hydrogens is 466 g/mol. The van der Waals surface area contributed by atoms with E-state index >= 15 is 0 Å². The van der Waals surface area contributed by atoms with E-state index in [4.69, 9.17) is 0 Å². The number of sulfone groups is 1.